The van der Waals surface area contributed by atoms with Gasteiger partial charge in [0.05, 0.1) is 25.0 Å². The fourth-order valence-electron chi connectivity index (χ4n) is 3.37. The minimum atomic E-state index is 0.371. The quantitative estimate of drug-likeness (QED) is 0.811. The maximum atomic E-state index is 5.53. The number of methoxy groups -OCH3 is 1. The summed E-state index contributed by atoms with van der Waals surface area (Å²) in [5.74, 6) is 1.62. The third kappa shape index (κ3) is 3.54. The monoisotopic (exact) mass is 279 g/mol. The molecule has 1 aliphatic rings. The lowest BCUT2D eigenvalue weighted by molar-refractivity contribution is 0.301. The molecular weight excluding hydrogens is 250 g/mol. The van der Waals surface area contributed by atoms with Crippen LogP contribution < -0.4 is 10.1 Å². The molecule has 114 valence electrons. The zero-order valence-corrected chi connectivity index (χ0v) is 13.2. The Balaban J connectivity index is 2.23. The number of hydrogen-bond acceptors (Lipinski definition) is 3. The lowest BCUT2D eigenvalue weighted by Gasteiger charge is -2.28. The molecule has 0 saturated heterocycles. The van der Waals surface area contributed by atoms with Crippen LogP contribution in [0.4, 0.5) is 0 Å². The largest absolute Gasteiger partial charge is 0.493 e. The molecule has 0 spiro atoms. The van der Waals surface area contributed by atoms with E-state index < -0.39 is 0 Å². The summed E-state index contributed by atoms with van der Waals surface area (Å²) in [6, 6.07) is 0.371. The molecule has 0 radical (unpaired) electrons. The van der Waals surface area contributed by atoms with Gasteiger partial charge in [-0.15, -0.1) is 0 Å². The van der Waals surface area contributed by atoms with Gasteiger partial charge in [0.25, 0.3) is 0 Å². The fourth-order valence-corrected chi connectivity index (χ4v) is 3.37. The molecule has 0 bridgehead atoms. The van der Waals surface area contributed by atoms with Crippen molar-refractivity contribution in [2.75, 3.05) is 13.7 Å². The van der Waals surface area contributed by atoms with E-state index >= 15 is 0 Å². The van der Waals surface area contributed by atoms with Crippen LogP contribution in [0.5, 0.6) is 5.75 Å². The molecule has 0 amide bonds. The number of nitrogens with one attached hydrogen (secondary N) is 1. The highest BCUT2D eigenvalue weighted by Gasteiger charge is 2.28. The molecule has 0 aromatic carbocycles. The number of aromatic nitrogens is 2. The van der Waals surface area contributed by atoms with Crippen molar-refractivity contribution in [1.29, 1.82) is 0 Å². The fraction of sp³-hybridized carbons (Fsp3) is 0.812. The van der Waals surface area contributed by atoms with Gasteiger partial charge in [-0.2, -0.15) is 5.10 Å². The predicted octanol–water partition coefficient (Wildman–Crippen LogP) is 3.44. The highest BCUT2D eigenvalue weighted by molar-refractivity contribution is 5.28. The topological polar surface area (TPSA) is 39.1 Å². The van der Waals surface area contributed by atoms with Crippen molar-refractivity contribution >= 4 is 0 Å². The van der Waals surface area contributed by atoms with Crippen LogP contribution in [0.2, 0.25) is 0 Å². The summed E-state index contributed by atoms with van der Waals surface area (Å²) >= 11 is 0. The first-order valence-corrected chi connectivity index (χ1v) is 8.07. The summed E-state index contributed by atoms with van der Waals surface area (Å²) in [7, 11) is 3.76. The number of rotatable bonds is 6. The molecule has 1 heterocycles. The predicted molar refractivity (Wildman–Crippen MR) is 82.0 cm³/mol. The molecule has 20 heavy (non-hydrogen) atoms. The minimum Gasteiger partial charge on any atom is -0.493 e. The highest BCUT2D eigenvalue weighted by atomic mass is 16.5. The van der Waals surface area contributed by atoms with Crippen molar-refractivity contribution in [1.82, 2.24) is 15.1 Å². The number of nitrogens with zero attached hydrogens (tertiary/aromatic N) is 2. The third-order valence-electron chi connectivity index (χ3n) is 4.45. The van der Waals surface area contributed by atoms with E-state index in [1.54, 1.807) is 7.11 Å². The lowest BCUT2D eigenvalue weighted by Crippen LogP contribution is -2.31. The molecule has 1 fully saturated rings. The molecule has 4 heteroatoms. The van der Waals surface area contributed by atoms with Crippen molar-refractivity contribution in [3.05, 3.63) is 11.9 Å². The van der Waals surface area contributed by atoms with Gasteiger partial charge in [-0.25, -0.2) is 0 Å². The Morgan fingerprint density at radius 2 is 2.05 bits per heavy atom. The third-order valence-corrected chi connectivity index (χ3v) is 4.45. The van der Waals surface area contributed by atoms with Gasteiger partial charge in [-0.05, 0) is 31.7 Å². The average molecular weight is 279 g/mol. The zero-order valence-electron chi connectivity index (χ0n) is 13.2. The highest BCUT2D eigenvalue weighted by Crippen LogP contribution is 2.36. The van der Waals surface area contributed by atoms with Crippen LogP contribution in [0.1, 0.15) is 63.6 Å². The lowest BCUT2D eigenvalue weighted by atomic mass is 9.89. The average Bonchev–Trinajstić information content (AvgIpc) is 2.68. The first-order chi connectivity index (χ1) is 9.77. The first kappa shape index (κ1) is 15.4. The molecule has 1 saturated carbocycles. The number of aryl methyl sites for hydroxylation is 1. The summed E-state index contributed by atoms with van der Waals surface area (Å²) in [5.41, 5.74) is 1.22. The Morgan fingerprint density at radius 3 is 2.65 bits per heavy atom. The Hall–Kier alpha value is -1.03. The van der Waals surface area contributed by atoms with Crippen LogP contribution >= 0.6 is 0 Å². The minimum absolute atomic E-state index is 0.371. The summed E-state index contributed by atoms with van der Waals surface area (Å²) < 4.78 is 7.51. The normalized spacial score (nSPS) is 18.8. The molecule has 1 aromatic heterocycles. The van der Waals surface area contributed by atoms with E-state index in [0.717, 1.165) is 18.7 Å². The van der Waals surface area contributed by atoms with Gasteiger partial charge in [0, 0.05) is 7.05 Å². The van der Waals surface area contributed by atoms with E-state index in [2.05, 4.69) is 17.3 Å². The Morgan fingerprint density at radius 1 is 1.35 bits per heavy atom. The molecule has 1 unspecified atom stereocenters. The van der Waals surface area contributed by atoms with E-state index in [1.165, 1.54) is 44.2 Å². The summed E-state index contributed by atoms with van der Waals surface area (Å²) in [6.45, 7) is 3.27. The van der Waals surface area contributed by atoms with Gasteiger partial charge < -0.3 is 10.1 Å². The SMILES string of the molecule is CCCNC(c1c(OC)cnn1C)C1CCCCCC1. The second-order valence-electron chi connectivity index (χ2n) is 5.91. The van der Waals surface area contributed by atoms with Gasteiger partial charge in [-0.1, -0.05) is 32.6 Å². The Bertz CT molecular complexity index is 394. The van der Waals surface area contributed by atoms with Crippen molar-refractivity contribution in [2.24, 2.45) is 13.0 Å². The van der Waals surface area contributed by atoms with Gasteiger partial charge in [0.2, 0.25) is 0 Å². The van der Waals surface area contributed by atoms with Crippen LogP contribution in [-0.2, 0) is 7.05 Å². The second-order valence-corrected chi connectivity index (χ2v) is 5.91. The Labute approximate surface area is 122 Å². The smallest absolute Gasteiger partial charge is 0.161 e. The summed E-state index contributed by atoms with van der Waals surface area (Å²) in [4.78, 5) is 0. The van der Waals surface area contributed by atoms with Gasteiger partial charge in [0.1, 0.15) is 0 Å². The van der Waals surface area contributed by atoms with Crippen LogP contribution in [0.25, 0.3) is 0 Å². The van der Waals surface area contributed by atoms with Crippen molar-refractivity contribution in [2.45, 2.75) is 57.9 Å². The van der Waals surface area contributed by atoms with E-state index in [1.807, 2.05) is 17.9 Å². The van der Waals surface area contributed by atoms with Gasteiger partial charge in [0.15, 0.2) is 5.75 Å². The summed E-state index contributed by atoms with van der Waals surface area (Å²) in [6.07, 6.45) is 11.1. The van der Waals surface area contributed by atoms with E-state index in [4.69, 9.17) is 4.74 Å². The molecule has 1 aromatic rings. The first-order valence-electron chi connectivity index (χ1n) is 8.07. The van der Waals surface area contributed by atoms with E-state index in [-0.39, 0.29) is 0 Å². The van der Waals surface area contributed by atoms with Gasteiger partial charge in [-0.3, -0.25) is 4.68 Å². The second kappa shape index (κ2) is 7.67. The molecule has 1 aliphatic carbocycles. The molecule has 4 nitrogen and oxygen atoms in total. The number of ether oxygens (including phenoxy) is 1. The maximum Gasteiger partial charge on any atom is 0.161 e. The van der Waals surface area contributed by atoms with Crippen molar-refractivity contribution in [3.63, 3.8) is 0 Å². The van der Waals surface area contributed by atoms with E-state index in [9.17, 15) is 0 Å². The zero-order chi connectivity index (χ0) is 14.4. The summed E-state index contributed by atoms with van der Waals surface area (Å²) in [5, 5.41) is 8.13. The molecular formula is C16H29N3O. The Kier molecular flexibility index (Phi) is 5.89. The standard InChI is InChI=1S/C16H29N3O/c1-4-11-17-15(13-9-7-5-6-8-10-13)16-14(20-3)12-18-19(16)2/h12-13,15,17H,4-11H2,1-3H3. The van der Waals surface area contributed by atoms with Crippen LogP contribution in [0.15, 0.2) is 6.20 Å². The van der Waals surface area contributed by atoms with Crippen molar-refractivity contribution < 1.29 is 4.74 Å². The molecule has 0 aliphatic heterocycles. The maximum absolute atomic E-state index is 5.53. The molecule has 2 rings (SSSR count). The molecule has 1 N–H and O–H groups in total. The molecule has 1 atom stereocenters. The van der Waals surface area contributed by atoms with Crippen LogP contribution in [0.3, 0.4) is 0 Å². The van der Waals surface area contributed by atoms with Crippen molar-refractivity contribution in [3.8, 4) is 5.75 Å². The van der Waals surface area contributed by atoms with Gasteiger partial charge >= 0.3 is 0 Å². The van der Waals surface area contributed by atoms with Crippen LogP contribution in [0, 0.1) is 5.92 Å². The van der Waals surface area contributed by atoms with E-state index in [0.29, 0.717) is 12.0 Å². The number of hydrogen-bond donors (Lipinski definition) is 1. The van der Waals surface area contributed by atoms with Crippen LogP contribution in [-0.4, -0.2) is 23.4 Å².